The van der Waals surface area contributed by atoms with Gasteiger partial charge in [0.1, 0.15) is 12.4 Å². The zero-order valence-corrected chi connectivity index (χ0v) is 7.24. The molecule has 13 heavy (non-hydrogen) atoms. The van der Waals surface area contributed by atoms with E-state index in [-0.39, 0.29) is 5.97 Å². The van der Waals surface area contributed by atoms with Gasteiger partial charge in [0, 0.05) is 6.42 Å². The maximum Gasteiger partial charge on any atom is 0.338 e. The smallest absolute Gasteiger partial charge is 0.338 e. The molecular weight excluding hydrogens is 168 g/mol. The summed E-state index contributed by atoms with van der Waals surface area (Å²) in [5.41, 5.74) is 1.58. The number of ether oxygens (including phenoxy) is 2. The number of carbonyl (C=O) groups is 1. The third-order valence-electron chi connectivity index (χ3n) is 2.03. The minimum atomic E-state index is -0.288. The fourth-order valence-corrected chi connectivity index (χ4v) is 1.34. The fraction of sp³-hybridized carbons (Fsp3) is 0.200. The molecule has 0 fully saturated rings. The van der Waals surface area contributed by atoms with Gasteiger partial charge in [-0.25, -0.2) is 4.79 Å². The molecule has 0 aliphatic carbocycles. The monoisotopic (exact) mass is 177 g/mol. The van der Waals surface area contributed by atoms with Crippen molar-refractivity contribution in [1.82, 2.24) is 0 Å². The normalized spacial score (nSPS) is 14.7. The number of carbonyl (C=O) groups excluding carboxylic acids is 1. The summed E-state index contributed by atoms with van der Waals surface area (Å²) in [6.45, 7) is 1.50. The van der Waals surface area contributed by atoms with E-state index in [9.17, 15) is 4.79 Å². The van der Waals surface area contributed by atoms with Crippen molar-refractivity contribution >= 4 is 5.97 Å². The van der Waals surface area contributed by atoms with E-state index in [1.54, 1.807) is 19.2 Å². The van der Waals surface area contributed by atoms with Crippen molar-refractivity contribution in [3.8, 4) is 5.75 Å². The Balaban J connectivity index is 2.45. The quantitative estimate of drug-likeness (QED) is 0.611. The van der Waals surface area contributed by atoms with Gasteiger partial charge in [-0.05, 0) is 23.8 Å². The first-order valence-corrected chi connectivity index (χ1v) is 4.01. The molecule has 1 aliphatic rings. The molecule has 67 valence electrons. The van der Waals surface area contributed by atoms with Gasteiger partial charge in [-0.2, -0.15) is 0 Å². The Hall–Kier alpha value is -1.51. The van der Waals surface area contributed by atoms with Crippen molar-refractivity contribution in [3.05, 3.63) is 35.9 Å². The van der Waals surface area contributed by atoms with Crippen LogP contribution in [0.25, 0.3) is 0 Å². The molecular formula is C10H9O3. The summed E-state index contributed by atoms with van der Waals surface area (Å²) >= 11 is 0. The lowest BCUT2D eigenvalue weighted by atomic mass is 10.0. The minimum absolute atomic E-state index is 0.288. The molecule has 0 spiro atoms. The molecule has 0 unspecified atom stereocenters. The predicted molar refractivity (Wildman–Crippen MR) is 46.4 cm³/mol. The van der Waals surface area contributed by atoms with Crippen LogP contribution in [0.15, 0.2) is 18.2 Å². The lowest BCUT2D eigenvalue weighted by Gasteiger charge is -2.15. The van der Waals surface area contributed by atoms with Gasteiger partial charge in [0.15, 0.2) is 0 Å². The summed E-state index contributed by atoms with van der Waals surface area (Å²) in [5, 5.41) is 0. The molecule has 2 rings (SSSR count). The second-order valence-corrected chi connectivity index (χ2v) is 2.80. The highest BCUT2D eigenvalue weighted by atomic mass is 16.5. The van der Waals surface area contributed by atoms with Crippen molar-refractivity contribution in [1.29, 1.82) is 0 Å². The van der Waals surface area contributed by atoms with E-state index in [0.717, 1.165) is 11.3 Å². The van der Waals surface area contributed by atoms with Gasteiger partial charge in [-0.3, -0.25) is 0 Å². The molecule has 3 heteroatoms. The number of hydrogen-bond acceptors (Lipinski definition) is 3. The summed E-state index contributed by atoms with van der Waals surface area (Å²) in [7, 11) is 1.60. The van der Waals surface area contributed by atoms with E-state index in [4.69, 9.17) is 9.47 Å². The van der Waals surface area contributed by atoms with Crippen LogP contribution in [0.1, 0.15) is 15.9 Å². The first kappa shape index (κ1) is 8.10. The van der Waals surface area contributed by atoms with Crippen LogP contribution in [0.4, 0.5) is 0 Å². The zero-order chi connectivity index (χ0) is 9.26. The highest BCUT2D eigenvalue weighted by molar-refractivity contribution is 5.92. The molecule has 1 aliphatic heterocycles. The number of fused-ring (bicyclic) bond motifs is 1. The van der Waals surface area contributed by atoms with Crippen molar-refractivity contribution in [2.75, 3.05) is 7.11 Å². The van der Waals surface area contributed by atoms with E-state index in [0.29, 0.717) is 12.0 Å². The predicted octanol–water partition coefficient (Wildman–Crippen LogP) is 1.57. The molecule has 1 radical (unpaired) electrons. The maximum absolute atomic E-state index is 11.2. The fourth-order valence-electron chi connectivity index (χ4n) is 1.34. The average Bonchev–Trinajstić information content (AvgIpc) is 2.18. The molecule has 0 atom stereocenters. The van der Waals surface area contributed by atoms with Gasteiger partial charge >= 0.3 is 5.97 Å². The third-order valence-corrected chi connectivity index (χ3v) is 2.03. The molecule has 0 amide bonds. The Morgan fingerprint density at radius 2 is 2.31 bits per heavy atom. The molecule has 0 aromatic heterocycles. The van der Waals surface area contributed by atoms with Gasteiger partial charge in [-0.15, -0.1) is 0 Å². The third kappa shape index (κ3) is 1.37. The van der Waals surface area contributed by atoms with E-state index in [2.05, 4.69) is 0 Å². The lowest BCUT2D eigenvalue weighted by molar-refractivity contribution is 0.0582. The molecule has 1 heterocycles. The first-order chi connectivity index (χ1) is 6.31. The Kier molecular flexibility index (Phi) is 1.93. The highest BCUT2D eigenvalue weighted by Crippen LogP contribution is 2.23. The Morgan fingerprint density at radius 3 is 3.08 bits per heavy atom. The van der Waals surface area contributed by atoms with Crippen molar-refractivity contribution in [3.63, 3.8) is 0 Å². The number of cyclic esters (lactones) is 1. The number of benzene rings is 1. The van der Waals surface area contributed by atoms with E-state index >= 15 is 0 Å². The number of rotatable bonds is 1. The van der Waals surface area contributed by atoms with Crippen LogP contribution in [0.2, 0.25) is 0 Å². The topological polar surface area (TPSA) is 35.5 Å². The van der Waals surface area contributed by atoms with Crippen LogP contribution in [-0.2, 0) is 11.2 Å². The summed E-state index contributed by atoms with van der Waals surface area (Å²) in [6.07, 6.45) is 0.651. The summed E-state index contributed by atoms with van der Waals surface area (Å²) in [6, 6.07) is 5.33. The van der Waals surface area contributed by atoms with Crippen LogP contribution < -0.4 is 4.74 Å². The van der Waals surface area contributed by atoms with Crippen molar-refractivity contribution in [2.45, 2.75) is 6.42 Å². The Morgan fingerprint density at radius 1 is 1.46 bits per heavy atom. The van der Waals surface area contributed by atoms with Gasteiger partial charge < -0.3 is 9.47 Å². The van der Waals surface area contributed by atoms with E-state index in [1.807, 2.05) is 6.07 Å². The SMILES string of the molecule is COc1ccc2c(c1)C[CH]OC2=O. The first-order valence-electron chi connectivity index (χ1n) is 4.01. The van der Waals surface area contributed by atoms with Crippen LogP contribution in [0.5, 0.6) is 5.75 Å². The number of methoxy groups -OCH3 is 1. The van der Waals surface area contributed by atoms with Gasteiger partial charge in [0.2, 0.25) is 0 Å². The molecule has 3 nitrogen and oxygen atoms in total. The summed E-state index contributed by atoms with van der Waals surface area (Å²) in [4.78, 5) is 11.2. The molecule has 1 aromatic rings. The summed E-state index contributed by atoms with van der Waals surface area (Å²) < 4.78 is 9.82. The largest absolute Gasteiger partial charge is 0.497 e. The molecule has 0 saturated heterocycles. The van der Waals surface area contributed by atoms with E-state index < -0.39 is 0 Å². The average molecular weight is 177 g/mol. The molecule has 1 aromatic carbocycles. The molecule has 0 N–H and O–H groups in total. The van der Waals surface area contributed by atoms with Crippen LogP contribution >= 0.6 is 0 Å². The van der Waals surface area contributed by atoms with Crippen LogP contribution in [0, 0.1) is 6.61 Å². The second-order valence-electron chi connectivity index (χ2n) is 2.80. The number of hydrogen-bond donors (Lipinski definition) is 0. The Labute approximate surface area is 76.3 Å². The van der Waals surface area contributed by atoms with Gasteiger partial charge in [0.25, 0.3) is 0 Å². The maximum atomic E-state index is 11.2. The standard InChI is InChI=1S/C10H9O3/c1-12-8-2-3-9-7(6-8)4-5-13-10(9)11/h2-3,5-6H,4H2,1H3. The zero-order valence-electron chi connectivity index (χ0n) is 7.24. The van der Waals surface area contributed by atoms with Crippen molar-refractivity contribution < 1.29 is 14.3 Å². The highest BCUT2D eigenvalue weighted by Gasteiger charge is 2.18. The lowest BCUT2D eigenvalue weighted by Crippen LogP contribution is -2.13. The molecule has 0 bridgehead atoms. The minimum Gasteiger partial charge on any atom is -0.497 e. The number of esters is 1. The van der Waals surface area contributed by atoms with E-state index in [1.165, 1.54) is 6.61 Å². The Bertz CT molecular complexity index is 344. The second kappa shape index (κ2) is 3.09. The van der Waals surface area contributed by atoms with Crippen LogP contribution in [-0.4, -0.2) is 13.1 Å². The van der Waals surface area contributed by atoms with Crippen molar-refractivity contribution in [2.24, 2.45) is 0 Å². The van der Waals surface area contributed by atoms with Gasteiger partial charge in [-0.1, -0.05) is 0 Å². The van der Waals surface area contributed by atoms with Crippen LogP contribution in [0.3, 0.4) is 0 Å². The molecule has 0 saturated carbocycles. The summed E-state index contributed by atoms with van der Waals surface area (Å²) in [5.74, 6) is 0.478. The van der Waals surface area contributed by atoms with Gasteiger partial charge in [0.05, 0.1) is 12.7 Å².